The molecule has 0 saturated heterocycles. The van der Waals surface area contributed by atoms with Crippen LogP contribution in [0.2, 0.25) is 0 Å². The lowest BCUT2D eigenvalue weighted by Gasteiger charge is -2.23. The fraction of sp³-hybridized carbons (Fsp3) is 0.333. The van der Waals surface area contributed by atoms with Crippen molar-refractivity contribution in [3.63, 3.8) is 0 Å². The van der Waals surface area contributed by atoms with Crippen LogP contribution in [0.25, 0.3) is 0 Å². The van der Waals surface area contributed by atoms with Gasteiger partial charge in [-0.15, -0.1) is 12.4 Å². The zero-order chi connectivity index (χ0) is 17.9. The van der Waals surface area contributed by atoms with E-state index in [4.69, 9.17) is 10.5 Å². The van der Waals surface area contributed by atoms with E-state index in [1.54, 1.807) is 13.8 Å². The Hall–Kier alpha value is -1.76. The molecule has 0 saturated carbocycles. The fourth-order valence-electron chi connectivity index (χ4n) is 2.52. The second-order valence-corrected chi connectivity index (χ2v) is 5.77. The molecule has 2 rings (SSSR count). The number of nitrogens with two attached hydrogens (primary N) is 1. The van der Waals surface area contributed by atoms with Crippen molar-refractivity contribution in [3.8, 4) is 5.75 Å². The fourth-order valence-corrected chi connectivity index (χ4v) is 2.52. The molecule has 0 amide bonds. The predicted octanol–water partition coefficient (Wildman–Crippen LogP) is 4.23. The summed E-state index contributed by atoms with van der Waals surface area (Å²) in [7, 11) is 0. The number of hydrogen-bond acceptors (Lipinski definition) is 3. The van der Waals surface area contributed by atoms with Gasteiger partial charge in [0.05, 0.1) is 6.04 Å². The van der Waals surface area contributed by atoms with Crippen LogP contribution in [0.3, 0.4) is 0 Å². The van der Waals surface area contributed by atoms with Crippen LogP contribution in [-0.4, -0.2) is 17.4 Å². The molecular formula is C18H21ClF3NO2. The highest BCUT2D eigenvalue weighted by Gasteiger charge is 2.42. The van der Waals surface area contributed by atoms with Crippen molar-refractivity contribution in [2.75, 3.05) is 0 Å². The zero-order valence-electron chi connectivity index (χ0n) is 13.9. The summed E-state index contributed by atoms with van der Waals surface area (Å²) in [5.74, 6) is 0.608. The Bertz CT molecular complexity index is 669. The lowest BCUT2D eigenvalue weighted by molar-refractivity contribution is -0.210. The van der Waals surface area contributed by atoms with Crippen molar-refractivity contribution in [2.45, 2.75) is 38.8 Å². The Morgan fingerprint density at radius 3 is 2.08 bits per heavy atom. The van der Waals surface area contributed by atoms with E-state index in [-0.39, 0.29) is 18.0 Å². The number of aliphatic hydroxyl groups excluding tert-OH is 1. The van der Waals surface area contributed by atoms with E-state index in [1.807, 2.05) is 30.3 Å². The smallest absolute Gasteiger partial charge is 0.416 e. The molecule has 0 aromatic heterocycles. The van der Waals surface area contributed by atoms with Gasteiger partial charge in [-0.25, -0.2) is 0 Å². The molecule has 0 heterocycles. The number of halogens is 4. The summed E-state index contributed by atoms with van der Waals surface area (Å²) in [4.78, 5) is 0. The molecule has 0 aliphatic carbocycles. The average Bonchev–Trinajstić information content (AvgIpc) is 2.52. The van der Waals surface area contributed by atoms with Crippen LogP contribution >= 0.6 is 12.4 Å². The molecule has 0 spiro atoms. The second kappa shape index (κ2) is 8.56. The van der Waals surface area contributed by atoms with E-state index < -0.39 is 18.3 Å². The first kappa shape index (κ1) is 21.3. The third-order valence-electron chi connectivity index (χ3n) is 3.77. The number of benzene rings is 2. The Labute approximate surface area is 151 Å². The van der Waals surface area contributed by atoms with E-state index in [0.717, 1.165) is 5.56 Å². The van der Waals surface area contributed by atoms with Crippen LogP contribution in [0.4, 0.5) is 13.2 Å². The van der Waals surface area contributed by atoms with Crippen molar-refractivity contribution >= 4 is 12.4 Å². The number of rotatable bonds is 5. The molecule has 2 aromatic rings. The SMILES string of the molecule is Cc1cc([C@@H](N)[C@@H](O)C(F)(F)F)cc(C)c1OCc1ccccc1.Cl. The highest BCUT2D eigenvalue weighted by molar-refractivity contribution is 5.85. The van der Waals surface area contributed by atoms with E-state index in [0.29, 0.717) is 23.5 Å². The van der Waals surface area contributed by atoms with Crippen LogP contribution in [0.5, 0.6) is 5.75 Å². The summed E-state index contributed by atoms with van der Waals surface area (Å²) in [5, 5.41) is 9.33. The summed E-state index contributed by atoms with van der Waals surface area (Å²) in [5.41, 5.74) is 8.13. The topological polar surface area (TPSA) is 55.5 Å². The highest BCUT2D eigenvalue weighted by atomic mass is 35.5. The van der Waals surface area contributed by atoms with E-state index in [2.05, 4.69) is 0 Å². The Balaban J connectivity index is 0.00000312. The largest absolute Gasteiger partial charge is 0.488 e. The number of aliphatic hydroxyl groups is 1. The van der Waals surface area contributed by atoms with Gasteiger partial charge in [-0.3, -0.25) is 0 Å². The van der Waals surface area contributed by atoms with E-state index in [1.165, 1.54) is 12.1 Å². The van der Waals surface area contributed by atoms with Crippen molar-refractivity contribution in [3.05, 3.63) is 64.7 Å². The maximum atomic E-state index is 12.6. The molecule has 138 valence electrons. The van der Waals surface area contributed by atoms with Gasteiger partial charge in [-0.05, 0) is 36.1 Å². The second-order valence-electron chi connectivity index (χ2n) is 5.77. The minimum atomic E-state index is -4.76. The molecular weight excluding hydrogens is 355 g/mol. The lowest BCUT2D eigenvalue weighted by Crippen LogP contribution is -2.38. The molecule has 2 aromatic carbocycles. The van der Waals surface area contributed by atoms with Crippen molar-refractivity contribution in [2.24, 2.45) is 5.73 Å². The Morgan fingerprint density at radius 1 is 1.08 bits per heavy atom. The molecule has 0 bridgehead atoms. The molecule has 7 heteroatoms. The number of aryl methyl sites for hydroxylation is 2. The normalized spacial score (nSPS) is 13.7. The van der Waals surface area contributed by atoms with E-state index >= 15 is 0 Å². The quantitative estimate of drug-likeness (QED) is 0.822. The van der Waals surface area contributed by atoms with Crippen LogP contribution in [-0.2, 0) is 6.61 Å². The molecule has 0 fully saturated rings. The van der Waals surface area contributed by atoms with E-state index in [9.17, 15) is 18.3 Å². The first-order valence-electron chi connectivity index (χ1n) is 7.48. The minimum Gasteiger partial charge on any atom is -0.488 e. The van der Waals surface area contributed by atoms with Gasteiger partial charge >= 0.3 is 6.18 Å². The van der Waals surface area contributed by atoms with Gasteiger partial charge in [0.2, 0.25) is 0 Å². The van der Waals surface area contributed by atoms with Gasteiger partial charge in [0.15, 0.2) is 6.10 Å². The van der Waals surface area contributed by atoms with Gasteiger partial charge < -0.3 is 15.6 Å². The van der Waals surface area contributed by atoms with Gasteiger partial charge in [-0.2, -0.15) is 13.2 Å². The first-order chi connectivity index (χ1) is 11.2. The maximum Gasteiger partial charge on any atom is 0.416 e. The number of ether oxygens (including phenoxy) is 1. The van der Waals surface area contributed by atoms with Crippen molar-refractivity contribution in [1.82, 2.24) is 0 Å². The van der Waals surface area contributed by atoms with Crippen LogP contribution in [0.1, 0.15) is 28.3 Å². The van der Waals surface area contributed by atoms with Gasteiger partial charge in [0, 0.05) is 0 Å². The molecule has 2 atom stereocenters. The molecule has 0 aliphatic rings. The third-order valence-corrected chi connectivity index (χ3v) is 3.77. The monoisotopic (exact) mass is 375 g/mol. The van der Waals surface area contributed by atoms with Crippen LogP contribution in [0.15, 0.2) is 42.5 Å². The summed E-state index contributed by atoms with van der Waals surface area (Å²) < 4.78 is 43.6. The zero-order valence-corrected chi connectivity index (χ0v) is 14.7. The predicted molar refractivity (Wildman–Crippen MR) is 92.9 cm³/mol. The average molecular weight is 376 g/mol. The molecule has 0 aliphatic heterocycles. The lowest BCUT2D eigenvalue weighted by atomic mass is 9.97. The molecule has 3 N–H and O–H groups in total. The Morgan fingerprint density at radius 2 is 1.60 bits per heavy atom. The van der Waals surface area contributed by atoms with Gasteiger partial charge in [0.1, 0.15) is 12.4 Å². The highest BCUT2D eigenvalue weighted by Crippen LogP contribution is 2.32. The van der Waals surface area contributed by atoms with Crippen LogP contribution < -0.4 is 10.5 Å². The molecule has 25 heavy (non-hydrogen) atoms. The Kier molecular flexibility index (Phi) is 7.29. The first-order valence-corrected chi connectivity index (χ1v) is 7.48. The number of hydrogen-bond donors (Lipinski definition) is 2. The van der Waals surface area contributed by atoms with Crippen molar-refractivity contribution in [1.29, 1.82) is 0 Å². The molecule has 3 nitrogen and oxygen atoms in total. The summed E-state index contributed by atoms with van der Waals surface area (Å²) in [6.45, 7) is 3.84. The summed E-state index contributed by atoms with van der Waals surface area (Å²) in [6, 6.07) is 11.1. The van der Waals surface area contributed by atoms with Gasteiger partial charge in [-0.1, -0.05) is 42.5 Å². The van der Waals surface area contributed by atoms with Crippen LogP contribution in [0, 0.1) is 13.8 Å². The standard InChI is InChI=1S/C18H20F3NO2.ClH/c1-11-8-14(15(22)17(23)18(19,20)21)9-12(2)16(11)24-10-13-6-4-3-5-7-13;/h3-9,15,17,23H,10,22H2,1-2H3;1H/t15-,17-;/m1./s1. The molecule has 0 radical (unpaired) electrons. The van der Waals surface area contributed by atoms with Crippen molar-refractivity contribution < 1.29 is 23.0 Å². The third kappa shape index (κ3) is 5.36. The molecule has 0 unspecified atom stereocenters. The van der Waals surface area contributed by atoms with Gasteiger partial charge in [0.25, 0.3) is 0 Å². The number of alkyl halides is 3. The summed E-state index contributed by atoms with van der Waals surface area (Å²) in [6.07, 6.45) is -7.36. The minimum absolute atomic E-state index is 0. The maximum absolute atomic E-state index is 12.6. The summed E-state index contributed by atoms with van der Waals surface area (Å²) >= 11 is 0.